The fourth-order valence-corrected chi connectivity index (χ4v) is 4.21. The molecule has 9 nitrogen and oxygen atoms in total. The van der Waals surface area contributed by atoms with E-state index in [-0.39, 0.29) is 31.1 Å². The highest BCUT2D eigenvalue weighted by Gasteiger charge is 2.32. The fourth-order valence-electron chi connectivity index (χ4n) is 4.21. The van der Waals surface area contributed by atoms with Crippen molar-refractivity contribution in [1.29, 1.82) is 0 Å². The van der Waals surface area contributed by atoms with Gasteiger partial charge in [-0.2, -0.15) is 0 Å². The number of fused-ring (bicyclic) bond motifs is 1. The Bertz CT molecular complexity index is 765. The second-order valence-corrected chi connectivity index (χ2v) is 8.68. The van der Waals surface area contributed by atoms with Gasteiger partial charge in [-0.3, -0.25) is 0 Å². The summed E-state index contributed by atoms with van der Waals surface area (Å²) in [7, 11) is 0. The minimum Gasteiger partial charge on any atom is -0.480 e. The summed E-state index contributed by atoms with van der Waals surface area (Å²) < 4.78 is 11.1. The Hall–Kier alpha value is -2.39. The maximum atomic E-state index is 12.6. The van der Waals surface area contributed by atoms with E-state index >= 15 is 0 Å². The number of urea groups is 1. The summed E-state index contributed by atoms with van der Waals surface area (Å²) in [6.07, 6.45) is 5.19. The first kappa shape index (κ1) is 24.3. The number of carboxylic acids is 1. The highest BCUT2D eigenvalue weighted by Crippen LogP contribution is 2.20. The van der Waals surface area contributed by atoms with Crippen molar-refractivity contribution in [2.24, 2.45) is 0 Å². The molecule has 3 heterocycles. The van der Waals surface area contributed by atoms with Gasteiger partial charge in [0.05, 0.1) is 25.3 Å². The van der Waals surface area contributed by atoms with Gasteiger partial charge in [-0.05, 0) is 57.6 Å². The number of amides is 2. The van der Waals surface area contributed by atoms with Crippen LogP contribution in [0.25, 0.3) is 0 Å². The summed E-state index contributed by atoms with van der Waals surface area (Å²) in [6, 6.07) is 2.74. The third kappa shape index (κ3) is 6.80. The predicted octanol–water partition coefficient (Wildman–Crippen LogP) is 2.44. The van der Waals surface area contributed by atoms with Crippen LogP contribution >= 0.6 is 0 Å². The van der Waals surface area contributed by atoms with E-state index in [1.165, 1.54) is 5.56 Å². The van der Waals surface area contributed by atoms with E-state index in [1.54, 1.807) is 4.90 Å². The highest BCUT2D eigenvalue weighted by molar-refractivity contribution is 5.83. The number of hydrogen-bond donors (Lipinski definition) is 3. The average Bonchev–Trinajstić information content (AvgIpc) is 2.77. The lowest BCUT2D eigenvalue weighted by Gasteiger charge is -2.39. The first-order valence-corrected chi connectivity index (χ1v) is 11.7. The molecule has 178 valence electrons. The summed E-state index contributed by atoms with van der Waals surface area (Å²) in [6.45, 7) is 6.52. The van der Waals surface area contributed by atoms with Gasteiger partial charge in [0.15, 0.2) is 0 Å². The maximum absolute atomic E-state index is 12.6. The minimum absolute atomic E-state index is 0.0927. The van der Waals surface area contributed by atoms with E-state index in [4.69, 9.17) is 14.5 Å². The molecular formula is C23H36N4O5. The minimum atomic E-state index is -1.05. The second-order valence-electron chi connectivity index (χ2n) is 8.68. The van der Waals surface area contributed by atoms with Crippen LogP contribution in [0.5, 0.6) is 0 Å². The van der Waals surface area contributed by atoms with E-state index in [9.17, 15) is 14.7 Å². The molecule has 2 aliphatic heterocycles. The molecule has 1 unspecified atom stereocenters. The number of hydrogen-bond acceptors (Lipinski definition) is 6. The molecule has 1 aromatic rings. The number of carbonyl (C=O) groups is 2. The van der Waals surface area contributed by atoms with Crippen molar-refractivity contribution in [2.75, 3.05) is 38.3 Å². The molecule has 2 amide bonds. The molecule has 1 aromatic heterocycles. The van der Waals surface area contributed by atoms with E-state index in [1.807, 2.05) is 13.8 Å². The quantitative estimate of drug-likeness (QED) is 0.471. The standard InChI is InChI=1S/C23H36N4O5/c1-16-14-32-15-17(2)27(16)23(30)26-20(22(28)29)10-13-31-12-4-3-7-19-9-8-18-6-5-11-24-21(18)25-19/h8-9,16-17,20H,3-7,10-15H2,1-2H3,(H,24,25)(H,26,30)(H,28,29)/t16-,17+,20?. The maximum Gasteiger partial charge on any atom is 0.326 e. The first-order valence-electron chi connectivity index (χ1n) is 11.7. The lowest BCUT2D eigenvalue weighted by atomic mass is 10.1. The van der Waals surface area contributed by atoms with Crippen LogP contribution in [0.15, 0.2) is 12.1 Å². The van der Waals surface area contributed by atoms with Gasteiger partial charge in [0.25, 0.3) is 0 Å². The number of carboxylic acid groups (broad SMARTS) is 1. The molecular weight excluding hydrogens is 412 g/mol. The van der Waals surface area contributed by atoms with E-state index in [2.05, 4.69) is 22.8 Å². The Balaban J connectivity index is 1.32. The van der Waals surface area contributed by atoms with Gasteiger partial charge in [-0.1, -0.05) is 6.07 Å². The lowest BCUT2D eigenvalue weighted by molar-refractivity contribution is -0.139. The molecule has 9 heteroatoms. The van der Waals surface area contributed by atoms with E-state index in [0.717, 1.165) is 50.2 Å². The third-order valence-corrected chi connectivity index (χ3v) is 5.97. The van der Waals surface area contributed by atoms with Crippen LogP contribution in [0.3, 0.4) is 0 Å². The number of anilines is 1. The largest absolute Gasteiger partial charge is 0.480 e. The first-order chi connectivity index (χ1) is 15.5. The zero-order valence-corrected chi connectivity index (χ0v) is 19.1. The number of morpholine rings is 1. The molecule has 3 rings (SSSR count). The van der Waals surface area contributed by atoms with Gasteiger partial charge in [0.1, 0.15) is 11.9 Å². The molecule has 0 bridgehead atoms. The summed E-state index contributed by atoms with van der Waals surface area (Å²) in [5.41, 5.74) is 2.37. The SMILES string of the molecule is C[C@@H]1COC[C@H](C)N1C(=O)NC(CCOCCCCc1ccc2c(n1)NCCC2)C(=O)O. The monoisotopic (exact) mass is 448 g/mol. The summed E-state index contributed by atoms with van der Waals surface area (Å²) in [5, 5.41) is 15.5. The Kier molecular flexibility index (Phi) is 9.11. The normalized spacial score (nSPS) is 21.4. The molecule has 0 spiro atoms. The fraction of sp³-hybridized carbons (Fsp3) is 0.696. The van der Waals surface area contributed by atoms with Crippen LogP contribution in [0, 0.1) is 0 Å². The number of ether oxygens (including phenoxy) is 2. The molecule has 0 aliphatic carbocycles. The van der Waals surface area contributed by atoms with Crippen molar-refractivity contribution in [1.82, 2.24) is 15.2 Å². The molecule has 0 aromatic carbocycles. The van der Waals surface area contributed by atoms with Crippen molar-refractivity contribution in [3.63, 3.8) is 0 Å². The number of aliphatic carboxylic acids is 1. The summed E-state index contributed by atoms with van der Waals surface area (Å²) >= 11 is 0. The van der Waals surface area contributed by atoms with Gasteiger partial charge in [0, 0.05) is 31.9 Å². The Morgan fingerprint density at radius 3 is 2.81 bits per heavy atom. The second kappa shape index (κ2) is 12.0. The molecule has 2 aliphatic rings. The number of nitrogens with one attached hydrogen (secondary N) is 2. The zero-order chi connectivity index (χ0) is 22.9. The van der Waals surface area contributed by atoms with Crippen LogP contribution in [0.4, 0.5) is 10.6 Å². The van der Waals surface area contributed by atoms with E-state index in [0.29, 0.717) is 19.8 Å². The molecule has 32 heavy (non-hydrogen) atoms. The number of unbranched alkanes of at least 4 members (excludes halogenated alkanes) is 1. The Labute approximate surface area is 189 Å². The molecule has 1 saturated heterocycles. The van der Waals surface area contributed by atoms with Crippen LogP contribution in [-0.2, 0) is 27.1 Å². The van der Waals surface area contributed by atoms with Gasteiger partial charge in [-0.25, -0.2) is 14.6 Å². The summed E-state index contributed by atoms with van der Waals surface area (Å²) in [5.74, 6) is -0.0322. The molecule has 0 radical (unpaired) electrons. The van der Waals surface area contributed by atoms with Gasteiger partial charge >= 0.3 is 12.0 Å². The predicted molar refractivity (Wildman–Crippen MR) is 121 cm³/mol. The zero-order valence-electron chi connectivity index (χ0n) is 19.1. The Morgan fingerprint density at radius 2 is 2.06 bits per heavy atom. The number of rotatable bonds is 10. The van der Waals surface area contributed by atoms with Crippen molar-refractivity contribution >= 4 is 17.8 Å². The molecule has 0 saturated carbocycles. The van der Waals surface area contributed by atoms with E-state index < -0.39 is 12.0 Å². The number of pyridine rings is 1. The van der Waals surface area contributed by atoms with Crippen molar-refractivity contribution in [3.8, 4) is 0 Å². The van der Waals surface area contributed by atoms with Crippen molar-refractivity contribution < 1.29 is 24.2 Å². The van der Waals surface area contributed by atoms with Crippen LogP contribution in [-0.4, -0.2) is 78.1 Å². The van der Waals surface area contributed by atoms with Crippen molar-refractivity contribution in [2.45, 2.75) is 70.5 Å². The third-order valence-electron chi connectivity index (χ3n) is 5.97. The number of nitrogens with zero attached hydrogens (tertiary/aromatic N) is 2. The molecule has 3 N–H and O–H groups in total. The topological polar surface area (TPSA) is 113 Å². The number of aryl methyl sites for hydroxylation is 2. The van der Waals surface area contributed by atoms with Gasteiger partial charge in [0.2, 0.25) is 0 Å². The summed E-state index contributed by atoms with van der Waals surface area (Å²) in [4.78, 5) is 30.5. The number of aromatic nitrogens is 1. The van der Waals surface area contributed by atoms with Crippen LogP contribution in [0.1, 0.15) is 50.8 Å². The molecule has 1 fully saturated rings. The van der Waals surface area contributed by atoms with Crippen molar-refractivity contribution in [3.05, 3.63) is 23.4 Å². The van der Waals surface area contributed by atoms with Crippen LogP contribution < -0.4 is 10.6 Å². The smallest absolute Gasteiger partial charge is 0.326 e. The van der Waals surface area contributed by atoms with Gasteiger partial charge in [-0.15, -0.1) is 0 Å². The Morgan fingerprint density at radius 1 is 1.28 bits per heavy atom. The highest BCUT2D eigenvalue weighted by atomic mass is 16.5. The number of carbonyl (C=O) groups excluding carboxylic acids is 1. The lowest BCUT2D eigenvalue weighted by Crippen LogP contribution is -2.58. The molecule has 3 atom stereocenters. The average molecular weight is 449 g/mol. The van der Waals surface area contributed by atoms with Gasteiger partial charge < -0.3 is 30.1 Å². The van der Waals surface area contributed by atoms with Crippen LogP contribution in [0.2, 0.25) is 0 Å².